The lowest BCUT2D eigenvalue weighted by molar-refractivity contribution is -0.140. The summed E-state index contributed by atoms with van der Waals surface area (Å²) < 4.78 is 36.7. The molecule has 0 atom stereocenters. The summed E-state index contributed by atoms with van der Waals surface area (Å²) in [7, 11) is 1.38. The molecule has 3 nitrogen and oxygen atoms in total. The second-order valence-electron chi connectivity index (χ2n) is 2.10. The van der Waals surface area contributed by atoms with Crippen molar-refractivity contribution >= 4 is 18.1 Å². The standard InChI is InChI=1S/C5H6F3N3.ClH/c1-11-2-3(9)4(10-11)5(6,7)8;/h2H,9H2,1H3;1H. The van der Waals surface area contributed by atoms with E-state index in [9.17, 15) is 13.2 Å². The molecule has 0 spiro atoms. The molecule has 0 aliphatic heterocycles. The van der Waals surface area contributed by atoms with Crippen molar-refractivity contribution in [2.75, 3.05) is 5.73 Å². The molecule has 12 heavy (non-hydrogen) atoms. The molecule has 0 unspecified atom stereocenters. The largest absolute Gasteiger partial charge is 0.437 e. The Bertz CT molecular complexity index is 267. The molecule has 7 heteroatoms. The molecule has 70 valence electrons. The fraction of sp³-hybridized carbons (Fsp3) is 0.400. The van der Waals surface area contributed by atoms with Crippen LogP contribution in [0.1, 0.15) is 5.69 Å². The van der Waals surface area contributed by atoms with Crippen LogP contribution >= 0.6 is 12.4 Å². The molecule has 0 aromatic carbocycles. The van der Waals surface area contributed by atoms with Gasteiger partial charge in [0.25, 0.3) is 0 Å². The Morgan fingerprint density at radius 1 is 1.50 bits per heavy atom. The SMILES string of the molecule is Cl.Cn1cc(N)c(C(F)(F)F)n1. The predicted molar refractivity (Wildman–Crippen MR) is 39.9 cm³/mol. The van der Waals surface area contributed by atoms with Gasteiger partial charge in [-0.05, 0) is 0 Å². The van der Waals surface area contributed by atoms with Crippen LogP contribution in [-0.4, -0.2) is 9.78 Å². The maximum absolute atomic E-state index is 11.9. The van der Waals surface area contributed by atoms with E-state index in [1.54, 1.807) is 0 Å². The van der Waals surface area contributed by atoms with Gasteiger partial charge >= 0.3 is 6.18 Å². The highest BCUT2D eigenvalue weighted by atomic mass is 35.5. The summed E-state index contributed by atoms with van der Waals surface area (Å²) in [4.78, 5) is 0. The van der Waals surface area contributed by atoms with Crippen molar-refractivity contribution in [3.8, 4) is 0 Å². The monoisotopic (exact) mass is 201 g/mol. The van der Waals surface area contributed by atoms with Gasteiger partial charge in [0.1, 0.15) is 0 Å². The summed E-state index contributed by atoms with van der Waals surface area (Å²) in [6, 6.07) is 0. The lowest BCUT2D eigenvalue weighted by atomic mass is 10.4. The van der Waals surface area contributed by atoms with Gasteiger partial charge in [-0.3, -0.25) is 4.68 Å². The minimum absolute atomic E-state index is 0. The summed E-state index contributed by atoms with van der Waals surface area (Å²) in [6.07, 6.45) is -3.34. The van der Waals surface area contributed by atoms with Gasteiger partial charge in [-0.15, -0.1) is 12.4 Å². The Morgan fingerprint density at radius 2 is 2.00 bits per heavy atom. The van der Waals surface area contributed by atoms with Crippen LogP contribution in [0.25, 0.3) is 0 Å². The molecule has 0 aliphatic carbocycles. The van der Waals surface area contributed by atoms with Crippen molar-refractivity contribution in [1.82, 2.24) is 9.78 Å². The maximum Gasteiger partial charge on any atom is 0.437 e. The highest BCUT2D eigenvalue weighted by molar-refractivity contribution is 5.85. The fourth-order valence-corrected chi connectivity index (χ4v) is 0.727. The van der Waals surface area contributed by atoms with E-state index in [1.165, 1.54) is 7.05 Å². The molecule has 0 fully saturated rings. The van der Waals surface area contributed by atoms with Crippen molar-refractivity contribution in [2.45, 2.75) is 6.18 Å². The van der Waals surface area contributed by atoms with Crippen molar-refractivity contribution < 1.29 is 13.2 Å². The zero-order valence-electron chi connectivity index (χ0n) is 6.09. The summed E-state index contributed by atoms with van der Waals surface area (Å²) in [5.74, 6) is 0. The fourth-order valence-electron chi connectivity index (χ4n) is 0.727. The molecule has 0 saturated heterocycles. The number of rotatable bonds is 0. The second-order valence-corrected chi connectivity index (χ2v) is 2.10. The number of anilines is 1. The van der Waals surface area contributed by atoms with Gasteiger partial charge < -0.3 is 5.73 Å². The van der Waals surface area contributed by atoms with Crippen LogP contribution in [0.4, 0.5) is 18.9 Å². The number of nitrogen functional groups attached to an aromatic ring is 1. The van der Waals surface area contributed by atoms with E-state index >= 15 is 0 Å². The quantitative estimate of drug-likeness (QED) is 0.690. The third-order valence-corrected chi connectivity index (χ3v) is 1.13. The molecule has 0 amide bonds. The smallest absolute Gasteiger partial charge is 0.396 e. The van der Waals surface area contributed by atoms with Gasteiger partial charge in [0.2, 0.25) is 0 Å². The highest BCUT2D eigenvalue weighted by Crippen LogP contribution is 2.31. The molecule has 1 aromatic rings. The highest BCUT2D eigenvalue weighted by Gasteiger charge is 2.36. The number of alkyl halides is 3. The topological polar surface area (TPSA) is 43.8 Å². The molecule has 2 N–H and O–H groups in total. The molecular weight excluding hydrogens is 195 g/mol. The average molecular weight is 202 g/mol. The van der Waals surface area contributed by atoms with Crippen molar-refractivity contribution in [2.24, 2.45) is 7.05 Å². The van der Waals surface area contributed by atoms with Crippen LogP contribution in [0, 0.1) is 0 Å². The van der Waals surface area contributed by atoms with Crippen LogP contribution < -0.4 is 5.73 Å². The minimum atomic E-state index is -4.45. The van der Waals surface area contributed by atoms with E-state index < -0.39 is 11.9 Å². The van der Waals surface area contributed by atoms with Gasteiger partial charge in [0.15, 0.2) is 5.69 Å². The number of hydrogen-bond donors (Lipinski definition) is 1. The molecule has 0 saturated carbocycles. The Labute approximate surface area is 72.8 Å². The number of aryl methyl sites for hydroxylation is 1. The Kier molecular flexibility index (Phi) is 2.98. The second kappa shape index (κ2) is 3.22. The van der Waals surface area contributed by atoms with E-state index in [0.717, 1.165) is 10.9 Å². The maximum atomic E-state index is 11.9. The van der Waals surface area contributed by atoms with Gasteiger partial charge in [-0.2, -0.15) is 18.3 Å². The first-order chi connectivity index (χ1) is 4.91. The Balaban J connectivity index is 0.00000121. The summed E-state index contributed by atoms with van der Waals surface area (Å²) in [5.41, 5.74) is 3.65. The van der Waals surface area contributed by atoms with Crippen LogP contribution in [-0.2, 0) is 13.2 Å². The number of aromatic nitrogens is 2. The Hall–Kier alpha value is -0.910. The van der Waals surface area contributed by atoms with Crippen molar-refractivity contribution in [3.63, 3.8) is 0 Å². The first-order valence-electron chi connectivity index (χ1n) is 2.77. The number of nitrogens with two attached hydrogens (primary N) is 1. The van der Waals surface area contributed by atoms with Crippen molar-refractivity contribution in [1.29, 1.82) is 0 Å². The molecule has 1 rings (SSSR count). The first-order valence-corrected chi connectivity index (χ1v) is 2.77. The normalized spacial score (nSPS) is 11.0. The van der Waals surface area contributed by atoms with E-state index in [4.69, 9.17) is 5.73 Å². The number of halogens is 4. The molecule has 1 heterocycles. The molecule has 1 aromatic heterocycles. The number of nitrogens with zero attached hydrogens (tertiary/aromatic N) is 2. The van der Waals surface area contributed by atoms with Gasteiger partial charge in [0.05, 0.1) is 5.69 Å². The van der Waals surface area contributed by atoms with Gasteiger partial charge in [-0.1, -0.05) is 0 Å². The zero-order chi connectivity index (χ0) is 8.65. The van der Waals surface area contributed by atoms with E-state index in [1.807, 2.05) is 0 Å². The van der Waals surface area contributed by atoms with E-state index in [2.05, 4.69) is 5.10 Å². The Morgan fingerprint density at radius 3 is 2.17 bits per heavy atom. The third-order valence-electron chi connectivity index (χ3n) is 1.13. The van der Waals surface area contributed by atoms with Crippen LogP contribution in [0.5, 0.6) is 0 Å². The molecule has 0 aliphatic rings. The third kappa shape index (κ3) is 2.04. The van der Waals surface area contributed by atoms with Gasteiger partial charge in [-0.25, -0.2) is 0 Å². The van der Waals surface area contributed by atoms with Crippen molar-refractivity contribution in [3.05, 3.63) is 11.9 Å². The van der Waals surface area contributed by atoms with Gasteiger partial charge in [0, 0.05) is 13.2 Å². The predicted octanol–water partition coefficient (Wildman–Crippen LogP) is 1.44. The lowest BCUT2D eigenvalue weighted by Crippen LogP contribution is -2.09. The van der Waals surface area contributed by atoms with Crippen LogP contribution in [0.3, 0.4) is 0 Å². The average Bonchev–Trinajstić information content (AvgIpc) is 2.08. The minimum Gasteiger partial charge on any atom is -0.396 e. The van der Waals surface area contributed by atoms with Crippen LogP contribution in [0.2, 0.25) is 0 Å². The molecule has 0 bridgehead atoms. The van der Waals surface area contributed by atoms with Crippen LogP contribution in [0.15, 0.2) is 6.20 Å². The lowest BCUT2D eigenvalue weighted by Gasteiger charge is -2.01. The summed E-state index contributed by atoms with van der Waals surface area (Å²) >= 11 is 0. The summed E-state index contributed by atoms with van der Waals surface area (Å²) in [5, 5.41) is 3.15. The number of hydrogen-bond acceptors (Lipinski definition) is 2. The van der Waals surface area contributed by atoms with E-state index in [-0.39, 0.29) is 18.1 Å². The summed E-state index contributed by atoms with van der Waals surface area (Å²) in [6.45, 7) is 0. The molecule has 0 radical (unpaired) electrons. The van der Waals surface area contributed by atoms with E-state index in [0.29, 0.717) is 0 Å². The molecular formula is C5H7ClF3N3. The first kappa shape index (κ1) is 11.1. The zero-order valence-corrected chi connectivity index (χ0v) is 6.91.